The van der Waals surface area contributed by atoms with Crippen molar-refractivity contribution < 1.29 is 14.3 Å². The highest BCUT2D eigenvalue weighted by molar-refractivity contribution is 5.98. The Labute approximate surface area is 174 Å². The van der Waals surface area contributed by atoms with Crippen LogP contribution >= 0.6 is 0 Å². The molecule has 3 aromatic carbocycles. The zero-order valence-corrected chi connectivity index (χ0v) is 16.7. The Morgan fingerprint density at radius 2 is 1.73 bits per heavy atom. The summed E-state index contributed by atoms with van der Waals surface area (Å²) in [6, 6.07) is 22.3. The molecule has 4 rings (SSSR count). The number of halogens is 1. The summed E-state index contributed by atoms with van der Waals surface area (Å²) in [7, 11) is 0. The minimum atomic E-state index is -1.02. The molecule has 0 amide bonds. The topological polar surface area (TPSA) is 54.3 Å². The number of fused-ring (bicyclic) bond motifs is 1. The second-order valence-corrected chi connectivity index (χ2v) is 7.42. The van der Waals surface area contributed by atoms with Crippen molar-refractivity contribution in [1.82, 2.24) is 9.88 Å². The Hall–Kier alpha value is -3.44. The maximum Gasteiger partial charge on any atom is 0.352 e. The van der Waals surface area contributed by atoms with E-state index < -0.39 is 5.97 Å². The molecule has 5 heteroatoms. The molecule has 0 aliphatic rings. The summed E-state index contributed by atoms with van der Waals surface area (Å²) in [5, 5.41) is 14.3. The Morgan fingerprint density at radius 3 is 2.47 bits per heavy atom. The molecule has 1 aromatic heterocycles. The van der Waals surface area contributed by atoms with E-state index in [-0.39, 0.29) is 18.1 Å². The third-order valence-electron chi connectivity index (χ3n) is 5.29. The molecule has 4 nitrogen and oxygen atoms in total. The third kappa shape index (κ3) is 3.98. The van der Waals surface area contributed by atoms with Crippen molar-refractivity contribution in [3.63, 3.8) is 0 Å². The number of benzene rings is 3. The number of nitrogens with one attached hydrogen (secondary N) is 1. The van der Waals surface area contributed by atoms with Gasteiger partial charge < -0.3 is 15.0 Å². The van der Waals surface area contributed by atoms with Gasteiger partial charge in [-0.05, 0) is 30.2 Å². The van der Waals surface area contributed by atoms with Crippen LogP contribution in [-0.2, 0) is 19.6 Å². The quantitative estimate of drug-likeness (QED) is 0.451. The number of carbonyl (C=O) groups is 1. The van der Waals surface area contributed by atoms with Gasteiger partial charge in [-0.2, -0.15) is 0 Å². The number of hydrogen-bond acceptors (Lipinski definition) is 2. The first-order valence-electron chi connectivity index (χ1n) is 9.87. The fourth-order valence-corrected chi connectivity index (χ4v) is 3.84. The number of hydrogen-bond donors (Lipinski definition) is 2. The van der Waals surface area contributed by atoms with E-state index in [0.29, 0.717) is 24.2 Å². The van der Waals surface area contributed by atoms with Gasteiger partial charge in [-0.1, -0.05) is 60.7 Å². The summed E-state index contributed by atoms with van der Waals surface area (Å²) < 4.78 is 16.0. The zero-order valence-electron chi connectivity index (χ0n) is 16.7. The van der Waals surface area contributed by atoms with Crippen LogP contribution in [-0.4, -0.2) is 15.6 Å². The maximum atomic E-state index is 14.3. The van der Waals surface area contributed by atoms with Crippen LogP contribution in [0.5, 0.6) is 0 Å². The van der Waals surface area contributed by atoms with Crippen molar-refractivity contribution in [1.29, 1.82) is 0 Å². The minimum Gasteiger partial charge on any atom is -0.477 e. The van der Waals surface area contributed by atoms with Gasteiger partial charge in [-0.25, -0.2) is 9.18 Å². The Bertz CT molecular complexity index is 1200. The highest BCUT2D eigenvalue weighted by atomic mass is 19.1. The fraction of sp³-hybridized carbons (Fsp3) is 0.160. The molecule has 0 unspecified atom stereocenters. The Balaban J connectivity index is 1.76. The molecule has 0 radical (unpaired) electrons. The van der Waals surface area contributed by atoms with Crippen molar-refractivity contribution >= 4 is 16.9 Å². The van der Waals surface area contributed by atoms with E-state index >= 15 is 0 Å². The van der Waals surface area contributed by atoms with E-state index in [2.05, 4.69) is 5.32 Å². The van der Waals surface area contributed by atoms with Gasteiger partial charge in [0, 0.05) is 35.1 Å². The first kappa shape index (κ1) is 19.9. The van der Waals surface area contributed by atoms with E-state index in [9.17, 15) is 14.3 Å². The monoisotopic (exact) mass is 402 g/mol. The number of nitrogens with zero attached hydrogens (tertiary/aromatic N) is 1. The molecule has 4 aromatic rings. The lowest BCUT2D eigenvalue weighted by Gasteiger charge is -2.11. The predicted molar refractivity (Wildman–Crippen MR) is 116 cm³/mol. The lowest BCUT2D eigenvalue weighted by atomic mass is 10.1. The van der Waals surface area contributed by atoms with E-state index in [1.54, 1.807) is 22.8 Å². The molecule has 1 heterocycles. The van der Waals surface area contributed by atoms with Gasteiger partial charge in [-0.15, -0.1) is 0 Å². The largest absolute Gasteiger partial charge is 0.477 e. The van der Waals surface area contributed by atoms with E-state index in [1.165, 1.54) is 6.07 Å². The highest BCUT2D eigenvalue weighted by Gasteiger charge is 2.23. The van der Waals surface area contributed by atoms with Crippen molar-refractivity contribution in [3.8, 4) is 0 Å². The number of aromatic nitrogens is 1. The summed E-state index contributed by atoms with van der Waals surface area (Å²) in [5.41, 5.74) is 4.31. The molecule has 2 N–H and O–H groups in total. The van der Waals surface area contributed by atoms with Gasteiger partial charge in [0.15, 0.2) is 0 Å². The first-order valence-corrected chi connectivity index (χ1v) is 9.87. The summed E-state index contributed by atoms with van der Waals surface area (Å²) in [6.45, 7) is 3.16. The highest BCUT2D eigenvalue weighted by Crippen LogP contribution is 2.29. The molecule has 0 bridgehead atoms. The lowest BCUT2D eigenvalue weighted by Crippen LogP contribution is -2.17. The molecule has 30 heavy (non-hydrogen) atoms. The molecule has 0 saturated carbocycles. The van der Waals surface area contributed by atoms with Crippen molar-refractivity contribution in [2.75, 3.05) is 0 Å². The molecule has 0 atom stereocenters. The Kier molecular flexibility index (Phi) is 5.63. The maximum absolute atomic E-state index is 14.3. The van der Waals surface area contributed by atoms with Crippen LogP contribution in [0.1, 0.15) is 32.7 Å². The van der Waals surface area contributed by atoms with Gasteiger partial charge in [0.25, 0.3) is 0 Å². The molecule has 0 spiro atoms. The summed E-state index contributed by atoms with van der Waals surface area (Å²) in [4.78, 5) is 12.3. The molecule has 152 valence electrons. The van der Waals surface area contributed by atoms with Crippen LogP contribution in [0, 0.1) is 12.7 Å². The van der Waals surface area contributed by atoms with Gasteiger partial charge in [-0.3, -0.25) is 0 Å². The number of carboxylic acid groups (broad SMARTS) is 1. The predicted octanol–water partition coefficient (Wildman–Crippen LogP) is 5.13. The molecular formula is C25H23FN2O2. The van der Waals surface area contributed by atoms with Crippen LogP contribution in [0.15, 0.2) is 72.8 Å². The summed E-state index contributed by atoms with van der Waals surface area (Å²) in [5.74, 6) is -1.36. The van der Waals surface area contributed by atoms with Crippen LogP contribution in [0.4, 0.5) is 4.39 Å². The van der Waals surface area contributed by atoms with Crippen LogP contribution in [0.25, 0.3) is 10.9 Å². The molecular weight excluding hydrogens is 379 g/mol. The summed E-state index contributed by atoms with van der Waals surface area (Å²) in [6.07, 6.45) is 0. The SMILES string of the molecule is Cc1ccc2c(CNCc3ccccc3)c(C(=O)O)n(Cc3ccccc3F)c2c1. The zero-order chi connectivity index (χ0) is 21.1. The van der Waals surface area contributed by atoms with Gasteiger partial charge in [0.2, 0.25) is 0 Å². The molecule has 0 aliphatic carbocycles. The van der Waals surface area contributed by atoms with Gasteiger partial charge in [0.05, 0.1) is 6.54 Å². The van der Waals surface area contributed by atoms with Gasteiger partial charge >= 0.3 is 5.97 Å². The van der Waals surface area contributed by atoms with Crippen molar-refractivity contribution in [3.05, 3.63) is 107 Å². The first-order chi connectivity index (χ1) is 14.5. The number of aromatic carboxylic acids is 1. The standard InChI is InChI=1S/C25H23FN2O2/c1-17-11-12-20-21(15-27-14-18-7-3-2-4-8-18)24(25(29)30)28(23(20)13-17)16-19-9-5-6-10-22(19)26/h2-13,27H,14-16H2,1H3,(H,29,30). The van der Waals surface area contributed by atoms with E-state index in [0.717, 1.165) is 22.0 Å². The normalized spacial score (nSPS) is 11.1. The van der Waals surface area contributed by atoms with Gasteiger partial charge in [0.1, 0.15) is 11.5 Å². The second-order valence-electron chi connectivity index (χ2n) is 7.42. The molecule has 0 aliphatic heterocycles. The van der Waals surface area contributed by atoms with Crippen LogP contribution < -0.4 is 5.32 Å². The second kappa shape index (κ2) is 8.51. The number of aryl methyl sites for hydroxylation is 1. The number of carboxylic acids is 1. The average molecular weight is 402 g/mol. The minimum absolute atomic E-state index is 0.160. The van der Waals surface area contributed by atoms with Crippen LogP contribution in [0.3, 0.4) is 0 Å². The smallest absolute Gasteiger partial charge is 0.352 e. The van der Waals surface area contributed by atoms with E-state index in [1.807, 2.05) is 55.5 Å². The van der Waals surface area contributed by atoms with Crippen LogP contribution in [0.2, 0.25) is 0 Å². The summed E-state index contributed by atoms with van der Waals surface area (Å²) >= 11 is 0. The van der Waals surface area contributed by atoms with E-state index in [4.69, 9.17) is 0 Å². The third-order valence-corrected chi connectivity index (χ3v) is 5.29. The number of rotatable bonds is 7. The molecule has 0 saturated heterocycles. The lowest BCUT2D eigenvalue weighted by molar-refractivity contribution is 0.0684. The average Bonchev–Trinajstić information content (AvgIpc) is 3.03. The Morgan fingerprint density at radius 1 is 1.00 bits per heavy atom. The fourth-order valence-electron chi connectivity index (χ4n) is 3.84. The van der Waals surface area contributed by atoms with Crippen molar-refractivity contribution in [2.45, 2.75) is 26.6 Å². The van der Waals surface area contributed by atoms with Crippen molar-refractivity contribution in [2.24, 2.45) is 0 Å². The molecule has 0 fully saturated rings.